The van der Waals surface area contributed by atoms with E-state index in [0.29, 0.717) is 0 Å². The van der Waals surface area contributed by atoms with Crippen molar-refractivity contribution >= 4 is 49.4 Å². The first-order valence-electron chi connectivity index (χ1n) is 3.48. The number of pyridine rings is 1. The van der Waals surface area contributed by atoms with Crippen LogP contribution in [0.25, 0.3) is 10.9 Å². The number of hydrogen-bond acceptors (Lipinski definition) is 1. The Kier molecular flexibility index (Phi) is 2.32. The summed E-state index contributed by atoms with van der Waals surface area (Å²) in [6, 6.07) is 8.12. The molecule has 0 atom stereocenters. The van der Waals surface area contributed by atoms with Gasteiger partial charge in [-0.25, -0.2) is 0 Å². The van der Waals surface area contributed by atoms with Gasteiger partial charge in [0, 0.05) is 19.6 Å². The molecule has 0 fully saturated rings. The van der Waals surface area contributed by atoms with Gasteiger partial charge in [-0.05, 0) is 34.7 Å². The summed E-state index contributed by atoms with van der Waals surface area (Å²) in [6.07, 6.45) is 1.81. The summed E-state index contributed by atoms with van der Waals surface area (Å²) in [5.41, 5.74) is 1.06. The molecule has 1 aromatic carbocycles. The van der Waals surface area contributed by atoms with Crippen molar-refractivity contribution in [2.75, 3.05) is 0 Å². The molecule has 0 amide bonds. The summed E-state index contributed by atoms with van der Waals surface area (Å²) >= 11 is 5.78. The molecule has 0 saturated heterocycles. The van der Waals surface area contributed by atoms with Gasteiger partial charge in [-0.15, -0.1) is 0 Å². The van der Waals surface area contributed by atoms with E-state index in [1.54, 1.807) is 0 Å². The van der Waals surface area contributed by atoms with Gasteiger partial charge in [0.05, 0.1) is 5.52 Å². The van der Waals surface area contributed by atoms with E-state index in [0.717, 1.165) is 9.99 Å². The molecule has 0 radical (unpaired) electrons. The maximum Gasteiger partial charge on any atom is 0.0846 e. The summed E-state index contributed by atoms with van der Waals surface area (Å²) in [5, 5.41) is 1.17. The second-order valence-electron chi connectivity index (χ2n) is 2.43. The number of nitrogens with zero attached hydrogens (tertiary/aromatic N) is 1. The van der Waals surface area contributed by atoms with Crippen molar-refractivity contribution in [2.45, 2.75) is 0 Å². The summed E-state index contributed by atoms with van der Waals surface area (Å²) < 4.78 is 2.29. The number of fused-ring (bicyclic) bond motifs is 1. The third kappa shape index (κ3) is 1.35. The number of benzene rings is 1. The Morgan fingerprint density at radius 1 is 1.25 bits per heavy atom. The number of aromatic nitrogens is 1. The van der Waals surface area contributed by atoms with Crippen molar-refractivity contribution in [3.05, 3.63) is 38.5 Å². The van der Waals surface area contributed by atoms with Crippen LogP contribution in [0.15, 0.2) is 34.9 Å². The number of hydrogen-bond donors (Lipinski definition) is 0. The van der Waals surface area contributed by atoms with E-state index in [1.165, 1.54) is 8.96 Å². The number of para-hydroxylation sites is 1. The highest BCUT2D eigenvalue weighted by Crippen LogP contribution is 2.24. The Morgan fingerprint density at radius 2 is 2.08 bits per heavy atom. The van der Waals surface area contributed by atoms with Gasteiger partial charge in [0.15, 0.2) is 0 Å². The molecule has 1 aromatic heterocycles. The summed E-state index contributed by atoms with van der Waals surface area (Å²) in [4.78, 5) is 4.30. The fraction of sp³-hybridized carbons (Fsp3) is 0. The lowest BCUT2D eigenvalue weighted by Gasteiger charge is -2.00. The highest BCUT2D eigenvalue weighted by Gasteiger charge is 2.00. The maximum atomic E-state index is 4.30. The summed E-state index contributed by atoms with van der Waals surface area (Å²) in [5.74, 6) is 0. The van der Waals surface area contributed by atoms with Gasteiger partial charge in [0.1, 0.15) is 0 Å². The van der Waals surface area contributed by atoms with Crippen molar-refractivity contribution in [2.24, 2.45) is 0 Å². The molecule has 0 aliphatic heterocycles. The van der Waals surface area contributed by atoms with Gasteiger partial charge in [-0.2, -0.15) is 0 Å². The van der Waals surface area contributed by atoms with Gasteiger partial charge in [0.2, 0.25) is 0 Å². The van der Waals surface area contributed by atoms with Crippen LogP contribution in [0.2, 0.25) is 0 Å². The van der Waals surface area contributed by atoms with E-state index in [9.17, 15) is 0 Å². The van der Waals surface area contributed by atoms with Crippen molar-refractivity contribution in [3.8, 4) is 0 Å². The second-order valence-corrected chi connectivity index (χ2v) is 4.45. The fourth-order valence-electron chi connectivity index (χ4n) is 1.11. The zero-order valence-corrected chi connectivity index (χ0v) is 9.83. The molecule has 0 saturated carbocycles. The summed E-state index contributed by atoms with van der Waals surface area (Å²) in [7, 11) is 0. The maximum absolute atomic E-state index is 4.30. The molecule has 0 N–H and O–H groups in total. The fourth-order valence-corrected chi connectivity index (χ4v) is 2.18. The van der Waals surface area contributed by atoms with Crippen molar-refractivity contribution in [1.29, 1.82) is 0 Å². The predicted molar refractivity (Wildman–Crippen MR) is 62.2 cm³/mol. The molecule has 0 aliphatic carbocycles. The van der Waals surface area contributed by atoms with E-state index < -0.39 is 0 Å². The highest BCUT2D eigenvalue weighted by molar-refractivity contribution is 14.1. The Labute approximate surface area is 92.5 Å². The average Bonchev–Trinajstić information content (AvgIpc) is 2.07. The van der Waals surface area contributed by atoms with Crippen LogP contribution in [-0.2, 0) is 0 Å². The minimum absolute atomic E-state index is 1.06. The average molecular weight is 334 g/mol. The molecule has 2 rings (SSSR count). The molecule has 12 heavy (non-hydrogen) atoms. The predicted octanol–water partition coefficient (Wildman–Crippen LogP) is 3.60. The van der Waals surface area contributed by atoms with E-state index in [-0.39, 0.29) is 0 Å². The van der Waals surface area contributed by atoms with Gasteiger partial charge >= 0.3 is 0 Å². The van der Waals surface area contributed by atoms with Gasteiger partial charge in [-0.3, -0.25) is 4.98 Å². The van der Waals surface area contributed by atoms with Crippen molar-refractivity contribution in [3.63, 3.8) is 0 Å². The molecule has 3 heteroatoms. The zero-order chi connectivity index (χ0) is 8.55. The highest BCUT2D eigenvalue weighted by atomic mass is 127. The standard InChI is InChI=1S/C9H5BrIN/c10-7-4-5-12-9-6(7)2-1-3-8(9)11/h1-5H. The first kappa shape index (κ1) is 8.44. The van der Waals surface area contributed by atoms with E-state index >= 15 is 0 Å². The van der Waals surface area contributed by atoms with Crippen molar-refractivity contribution < 1.29 is 0 Å². The smallest absolute Gasteiger partial charge is 0.0846 e. The molecule has 0 aliphatic rings. The molecular formula is C9H5BrIN. The van der Waals surface area contributed by atoms with Gasteiger partial charge in [-0.1, -0.05) is 28.1 Å². The quantitative estimate of drug-likeness (QED) is 0.671. The first-order valence-corrected chi connectivity index (χ1v) is 5.35. The van der Waals surface area contributed by atoms with Crippen LogP contribution >= 0.6 is 38.5 Å². The number of rotatable bonds is 0. The van der Waals surface area contributed by atoms with Crippen LogP contribution in [0.1, 0.15) is 0 Å². The molecule has 1 heterocycles. The first-order chi connectivity index (χ1) is 5.79. The minimum Gasteiger partial charge on any atom is -0.255 e. The molecule has 0 bridgehead atoms. The van der Waals surface area contributed by atoms with E-state index in [1.807, 2.05) is 18.3 Å². The lowest BCUT2D eigenvalue weighted by atomic mass is 10.2. The minimum atomic E-state index is 1.06. The van der Waals surface area contributed by atoms with E-state index in [2.05, 4.69) is 55.6 Å². The van der Waals surface area contributed by atoms with Crippen LogP contribution < -0.4 is 0 Å². The Hall–Kier alpha value is -0.160. The monoisotopic (exact) mass is 333 g/mol. The Balaban J connectivity index is 2.94. The van der Waals surface area contributed by atoms with Crippen LogP contribution in [-0.4, -0.2) is 4.98 Å². The molecule has 0 spiro atoms. The lowest BCUT2D eigenvalue weighted by molar-refractivity contribution is 1.39. The van der Waals surface area contributed by atoms with Gasteiger partial charge in [0.25, 0.3) is 0 Å². The summed E-state index contributed by atoms with van der Waals surface area (Å²) in [6.45, 7) is 0. The van der Waals surface area contributed by atoms with Crippen LogP contribution in [0.5, 0.6) is 0 Å². The number of halogens is 2. The van der Waals surface area contributed by atoms with Gasteiger partial charge < -0.3 is 0 Å². The lowest BCUT2D eigenvalue weighted by Crippen LogP contribution is -1.82. The molecule has 1 nitrogen and oxygen atoms in total. The molecular weight excluding hydrogens is 329 g/mol. The molecule has 2 aromatic rings. The van der Waals surface area contributed by atoms with Crippen molar-refractivity contribution in [1.82, 2.24) is 4.98 Å². The molecule has 0 unspecified atom stereocenters. The Morgan fingerprint density at radius 3 is 2.83 bits per heavy atom. The topological polar surface area (TPSA) is 12.9 Å². The van der Waals surface area contributed by atoms with E-state index in [4.69, 9.17) is 0 Å². The Bertz CT molecular complexity index is 387. The third-order valence-electron chi connectivity index (χ3n) is 1.67. The second kappa shape index (κ2) is 3.30. The zero-order valence-electron chi connectivity index (χ0n) is 6.09. The third-order valence-corrected chi connectivity index (χ3v) is 3.23. The largest absolute Gasteiger partial charge is 0.255 e. The molecule has 60 valence electrons. The van der Waals surface area contributed by atoms with Crippen LogP contribution in [0, 0.1) is 3.57 Å². The van der Waals surface area contributed by atoms with Crippen LogP contribution in [0.4, 0.5) is 0 Å². The SMILES string of the molecule is Brc1ccnc2c(I)cccc12. The van der Waals surface area contributed by atoms with Crippen LogP contribution in [0.3, 0.4) is 0 Å². The normalized spacial score (nSPS) is 10.5.